The molecule has 0 spiro atoms. The minimum absolute atomic E-state index is 0.0435. The summed E-state index contributed by atoms with van der Waals surface area (Å²) in [5.41, 5.74) is 2.39. The molecule has 0 saturated carbocycles. The molecule has 0 N–H and O–H groups in total. The number of fused-ring (bicyclic) bond motifs is 4. The molecule has 2 aliphatic rings. The van der Waals surface area contributed by atoms with Crippen LogP contribution in [0.5, 0.6) is 5.75 Å². The van der Waals surface area contributed by atoms with E-state index < -0.39 is 0 Å². The molecule has 1 heterocycles. The van der Waals surface area contributed by atoms with Gasteiger partial charge in [-0.1, -0.05) is 30.7 Å². The maximum Gasteiger partial charge on any atom is 0.195 e. The van der Waals surface area contributed by atoms with E-state index in [1.54, 1.807) is 6.08 Å². The fourth-order valence-corrected chi connectivity index (χ4v) is 2.57. The first-order chi connectivity index (χ1) is 7.58. The first-order valence-corrected chi connectivity index (χ1v) is 5.59. The van der Waals surface area contributed by atoms with Crippen molar-refractivity contribution in [3.8, 4) is 5.75 Å². The van der Waals surface area contributed by atoms with Gasteiger partial charge in [-0.3, -0.25) is 4.79 Å². The van der Waals surface area contributed by atoms with Gasteiger partial charge >= 0.3 is 0 Å². The Balaban J connectivity index is 2.21. The van der Waals surface area contributed by atoms with Gasteiger partial charge in [-0.2, -0.15) is 0 Å². The van der Waals surface area contributed by atoms with Crippen LogP contribution in [-0.2, 0) is 10.2 Å². The molecule has 2 unspecified atom stereocenters. The van der Waals surface area contributed by atoms with E-state index in [4.69, 9.17) is 4.74 Å². The van der Waals surface area contributed by atoms with E-state index >= 15 is 0 Å². The van der Waals surface area contributed by atoms with Crippen LogP contribution in [0, 0.1) is 6.92 Å². The summed E-state index contributed by atoms with van der Waals surface area (Å²) in [6.45, 7) is 4.25. The number of aryl methyl sites for hydroxylation is 1. The fraction of sp³-hybridized carbons (Fsp3) is 0.357. The van der Waals surface area contributed by atoms with Gasteiger partial charge in [-0.05, 0) is 19.1 Å². The minimum Gasteiger partial charge on any atom is -0.482 e. The Labute approximate surface area is 94.9 Å². The van der Waals surface area contributed by atoms with Crippen LogP contribution in [0.3, 0.4) is 0 Å². The molecular weight excluding hydrogens is 200 g/mol. The van der Waals surface area contributed by atoms with Crippen molar-refractivity contribution < 1.29 is 9.53 Å². The van der Waals surface area contributed by atoms with E-state index in [0.717, 1.165) is 12.2 Å². The lowest BCUT2D eigenvalue weighted by Gasteiger charge is -2.40. The number of benzene rings is 1. The van der Waals surface area contributed by atoms with Crippen molar-refractivity contribution in [1.82, 2.24) is 0 Å². The number of ketones is 1. The first kappa shape index (κ1) is 9.64. The average Bonchev–Trinajstić information content (AvgIpc) is 2.26. The zero-order chi connectivity index (χ0) is 11.3. The van der Waals surface area contributed by atoms with Crippen LogP contribution in [0.25, 0.3) is 0 Å². The number of carbonyl (C=O) groups is 1. The predicted octanol–water partition coefficient (Wildman–Crippen LogP) is 2.54. The molecular formula is C14H14O2. The molecule has 2 heteroatoms. The number of hydrogen-bond acceptors (Lipinski definition) is 2. The van der Waals surface area contributed by atoms with Crippen molar-refractivity contribution >= 4 is 5.78 Å². The molecule has 1 aliphatic carbocycles. The van der Waals surface area contributed by atoms with Crippen molar-refractivity contribution in [2.45, 2.75) is 31.8 Å². The van der Waals surface area contributed by atoms with Crippen molar-refractivity contribution in [3.05, 3.63) is 41.5 Å². The minimum atomic E-state index is -0.287. The molecule has 0 aromatic heterocycles. The summed E-state index contributed by atoms with van der Waals surface area (Å²) in [4.78, 5) is 11.6. The SMILES string of the molecule is Cc1ccc2c(c1)C1(C)C=CC(=O)C(C1)O2. The summed E-state index contributed by atoms with van der Waals surface area (Å²) in [5.74, 6) is 0.950. The van der Waals surface area contributed by atoms with E-state index in [-0.39, 0.29) is 17.3 Å². The molecule has 16 heavy (non-hydrogen) atoms. The molecule has 3 rings (SSSR count). The Morgan fingerprint density at radius 2 is 2.25 bits per heavy atom. The molecule has 0 radical (unpaired) electrons. The zero-order valence-corrected chi connectivity index (χ0v) is 9.49. The second kappa shape index (κ2) is 2.97. The van der Waals surface area contributed by atoms with E-state index in [1.165, 1.54) is 11.1 Å². The number of rotatable bonds is 0. The number of ether oxygens (including phenoxy) is 1. The van der Waals surface area contributed by atoms with Gasteiger partial charge in [0.15, 0.2) is 11.9 Å². The Kier molecular flexibility index (Phi) is 1.79. The lowest BCUT2D eigenvalue weighted by atomic mass is 9.71. The quantitative estimate of drug-likeness (QED) is 0.663. The molecule has 2 bridgehead atoms. The van der Waals surface area contributed by atoms with Gasteiger partial charge in [0.05, 0.1) is 0 Å². The Morgan fingerprint density at radius 3 is 3.06 bits per heavy atom. The second-order valence-electron chi connectivity index (χ2n) is 4.96. The summed E-state index contributed by atoms with van der Waals surface area (Å²) in [6, 6.07) is 6.16. The summed E-state index contributed by atoms with van der Waals surface area (Å²) in [6.07, 6.45) is 4.16. The Hall–Kier alpha value is -1.57. The van der Waals surface area contributed by atoms with Gasteiger partial charge in [-0.25, -0.2) is 0 Å². The maximum absolute atomic E-state index is 11.6. The van der Waals surface area contributed by atoms with Gasteiger partial charge < -0.3 is 4.74 Å². The standard InChI is InChI=1S/C14H14O2/c1-9-3-4-12-10(7-9)14(2)6-5-11(15)13(8-14)16-12/h3-7,13H,8H2,1-2H3. The molecule has 1 aromatic carbocycles. The highest BCUT2D eigenvalue weighted by molar-refractivity contribution is 5.95. The molecule has 1 aromatic rings. The third kappa shape index (κ3) is 1.22. The smallest absolute Gasteiger partial charge is 0.195 e. The van der Waals surface area contributed by atoms with Gasteiger partial charge in [0.1, 0.15) is 5.75 Å². The van der Waals surface area contributed by atoms with Crippen LogP contribution in [0.1, 0.15) is 24.5 Å². The highest BCUT2D eigenvalue weighted by atomic mass is 16.5. The highest BCUT2D eigenvalue weighted by Crippen LogP contribution is 2.44. The van der Waals surface area contributed by atoms with Crippen molar-refractivity contribution in [2.24, 2.45) is 0 Å². The largest absolute Gasteiger partial charge is 0.482 e. The molecule has 2 nitrogen and oxygen atoms in total. The van der Waals surface area contributed by atoms with Crippen LogP contribution in [-0.4, -0.2) is 11.9 Å². The molecule has 0 amide bonds. The lowest BCUT2D eigenvalue weighted by molar-refractivity contribution is -0.123. The molecule has 1 aliphatic heterocycles. The van der Waals surface area contributed by atoms with E-state index in [0.29, 0.717) is 0 Å². The van der Waals surface area contributed by atoms with Crippen LogP contribution < -0.4 is 4.74 Å². The van der Waals surface area contributed by atoms with E-state index in [9.17, 15) is 4.79 Å². The number of carbonyl (C=O) groups excluding carboxylic acids is 1. The second-order valence-corrected chi connectivity index (χ2v) is 4.96. The predicted molar refractivity (Wildman–Crippen MR) is 61.7 cm³/mol. The van der Waals surface area contributed by atoms with Crippen LogP contribution in [0.2, 0.25) is 0 Å². The zero-order valence-electron chi connectivity index (χ0n) is 9.49. The third-order valence-corrected chi connectivity index (χ3v) is 3.56. The summed E-state index contributed by atoms with van der Waals surface area (Å²) < 4.78 is 5.73. The summed E-state index contributed by atoms with van der Waals surface area (Å²) >= 11 is 0. The van der Waals surface area contributed by atoms with Gasteiger partial charge in [0.2, 0.25) is 0 Å². The van der Waals surface area contributed by atoms with Crippen LogP contribution in [0.4, 0.5) is 0 Å². The highest BCUT2D eigenvalue weighted by Gasteiger charge is 2.41. The Bertz CT molecular complexity index is 501. The lowest BCUT2D eigenvalue weighted by Crippen LogP contribution is -2.42. The molecule has 0 fully saturated rings. The summed E-state index contributed by atoms with van der Waals surface area (Å²) in [7, 11) is 0. The molecule has 82 valence electrons. The van der Waals surface area contributed by atoms with Crippen LogP contribution >= 0.6 is 0 Å². The number of allylic oxidation sites excluding steroid dienone is 1. The van der Waals surface area contributed by atoms with Gasteiger partial charge in [0.25, 0.3) is 0 Å². The van der Waals surface area contributed by atoms with Gasteiger partial charge in [0, 0.05) is 17.4 Å². The van der Waals surface area contributed by atoms with Crippen molar-refractivity contribution in [3.63, 3.8) is 0 Å². The third-order valence-electron chi connectivity index (χ3n) is 3.56. The van der Waals surface area contributed by atoms with Crippen molar-refractivity contribution in [1.29, 1.82) is 0 Å². The van der Waals surface area contributed by atoms with E-state index in [1.807, 2.05) is 18.2 Å². The van der Waals surface area contributed by atoms with E-state index in [2.05, 4.69) is 19.9 Å². The number of hydrogen-bond donors (Lipinski definition) is 0. The van der Waals surface area contributed by atoms with Crippen molar-refractivity contribution in [2.75, 3.05) is 0 Å². The maximum atomic E-state index is 11.6. The Morgan fingerprint density at radius 1 is 1.44 bits per heavy atom. The topological polar surface area (TPSA) is 26.3 Å². The molecule has 2 atom stereocenters. The normalized spacial score (nSPS) is 30.9. The first-order valence-electron chi connectivity index (χ1n) is 5.59. The molecule has 0 saturated heterocycles. The average molecular weight is 214 g/mol. The fourth-order valence-electron chi connectivity index (χ4n) is 2.57. The van der Waals surface area contributed by atoms with Gasteiger partial charge in [-0.15, -0.1) is 0 Å². The monoisotopic (exact) mass is 214 g/mol. The van der Waals surface area contributed by atoms with Crippen LogP contribution in [0.15, 0.2) is 30.4 Å². The summed E-state index contributed by atoms with van der Waals surface area (Å²) in [5, 5.41) is 0.